The van der Waals surface area contributed by atoms with E-state index in [0.29, 0.717) is 55.8 Å². The second kappa shape index (κ2) is 17.7. The second-order valence-corrected chi connectivity index (χ2v) is 15.1. The minimum absolute atomic E-state index is 0.00372. The monoisotopic (exact) mass is 813 g/mol. The van der Waals surface area contributed by atoms with Crippen LogP contribution in [0.1, 0.15) is 101 Å². The summed E-state index contributed by atoms with van der Waals surface area (Å²) < 4.78 is 17.8. The van der Waals surface area contributed by atoms with Crippen molar-refractivity contribution in [1.82, 2.24) is 9.88 Å². The summed E-state index contributed by atoms with van der Waals surface area (Å²) in [5.41, 5.74) is 11.5. The average molecular weight is 815 g/mol. The number of nitrogens with zero attached hydrogens (tertiary/aromatic N) is 1. The molecule has 0 spiro atoms. The predicted octanol–water partition coefficient (Wildman–Crippen LogP) is 9.96. The number of hydrogen-bond acceptors (Lipinski definition) is 8. The van der Waals surface area contributed by atoms with E-state index >= 15 is 0 Å². The van der Waals surface area contributed by atoms with E-state index in [4.69, 9.17) is 31.5 Å². The number of aromatic amines is 1. The number of methoxy groups -OCH3 is 1. The van der Waals surface area contributed by atoms with Crippen molar-refractivity contribution in [2.75, 3.05) is 19.4 Å². The van der Waals surface area contributed by atoms with Gasteiger partial charge in [0.2, 0.25) is 5.78 Å². The Balaban J connectivity index is 1.17. The molecule has 0 aliphatic heterocycles. The number of esters is 2. The number of nitrogen functional groups attached to an aromatic ring is 1. The van der Waals surface area contributed by atoms with Gasteiger partial charge in [0, 0.05) is 50.3 Å². The van der Waals surface area contributed by atoms with Crippen LogP contribution in [-0.4, -0.2) is 47.3 Å². The molecule has 0 radical (unpaired) electrons. The van der Waals surface area contributed by atoms with Crippen LogP contribution in [0.5, 0.6) is 5.75 Å². The van der Waals surface area contributed by atoms with Gasteiger partial charge >= 0.3 is 11.9 Å². The van der Waals surface area contributed by atoms with E-state index in [2.05, 4.69) is 32.7 Å². The summed E-state index contributed by atoms with van der Waals surface area (Å²) in [5, 5.41) is 1.30. The lowest BCUT2D eigenvalue weighted by Gasteiger charge is -2.34. The number of ether oxygens (including phenoxy) is 3. The van der Waals surface area contributed by atoms with Crippen LogP contribution in [-0.2, 0) is 27.4 Å². The Labute approximate surface area is 329 Å². The normalized spacial score (nSPS) is 14.5. The molecule has 4 aromatic carbocycles. The fourth-order valence-corrected chi connectivity index (χ4v) is 7.73. The summed E-state index contributed by atoms with van der Waals surface area (Å²) in [6.45, 7) is 5.45. The van der Waals surface area contributed by atoms with Crippen LogP contribution in [0.15, 0.2) is 89.5 Å². The van der Waals surface area contributed by atoms with Crippen molar-refractivity contribution in [2.24, 2.45) is 0 Å². The van der Waals surface area contributed by atoms with E-state index in [1.807, 2.05) is 24.3 Å². The molecule has 1 aliphatic rings. The number of fused-ring (bicyclic) bond motifs is 1. The molecule has 1 heterocycles. The first-order chi connectivity index (χ1) is 26.1. The maximum absolute atomic E-state index is 13.9. The fraction of sp³-hybridized carbons (Fsp3) is 0.326. The number of ketones is 1. The van der Waals surface area contributed by atoms with Gasteiger partial charge in [0.15, 0.2) is 6.10 Å². The lowest BCUT2D eigenvalue weighted by Crippen LogP contribution is -2.36. The molecule has 0 bridgehead atoms. The number of rotatable bonds is 14. The van der Waals surface area contributed by atoms with Gasteiger partial charge in [-0.25, -0.2) is 4.79 Å². The SMILES string of the molecule is CCN(Cc1cc(C(=O)OCc2ccc(C(OC(=O)C(C)c3c[nH]c4ccc(OC)cc34)C(=O)c3ccc(Cl)cc3)cc2)cc(Br)c1N)C1CCCCC1. The zero-order valence-corrected chi connectivity index (χ0v) is 33.0. The van der Waals surface area contributed by atoms with Crippen molar-refractivity contribution in [3.63, 3.8) is 0 Å². The number of carbonyl (C=O) groups excluding carboxylic acids is 3. The number of Topliss-reactive ketones (excluding diaryl/α,β-unsaturated/α-hetero) is 1. The Morgan fingerprint density at radius 3 is 2.37 bits per heavy atom. The molecular formula is C43H45BrClN3O6. The van der Waals surface area contributed by atoms with Crippen LogP contribution in [0.3, 0.4) is 0 Å². The lowest BCUT2D eigenvalue weighted by molar-refractivity contribution is -0.148. The van der Waals surface area contributed by atoms with Gasteiger partial charge in [0.25, 0.3) is 0 Å². The summed E-state index contributed by atoms with van der Waals surface area (Å²) in [4.78, 5) is 46.5. The van der Waals surface area contributed by atoms with Crippen molar-refractivity contribution in [3.8, 4) is 5.75 Å². The summed E-state index contributed by atoms with van der Waals surface area (Å²) in [6, 6.07) is 23.0. The van der Waals surface area contributed by atoms with Crippen LogP contribution >= 0.6 is 27.5 Å². The van der Waals surface area contributed by atoms with Crippen LogP contribution in [0.2, 0.25) is 5.02 Å². The molecule has 1 aromatic heterocycles. The predicted molar refractivity (Wildman–Crippen MR) is 215 cm³/mol. The molecule has 2 unspecified atom stereocenters. The molecule has 11 heteroatoms. The molecule has 3 N–H and O–H groups in total. The zero-order chi connectivity index (χ0) is 38.4. The van der Waals surface area contributed by atoms with Gasteiger partial charge in [-0.05, 0) is 114 Å². The average Bonchev–Trinajstić information content (AvgIpc) is 3.63. The first-order valence-electron chi connectivity index (χ1n) is 18.3. The van der Waals surface area contributed by atoms with Crippen molar-refractivity contribution >= 4 is 61.8 Å². The molecular weight excluding hydrogens is 770 g/mol. The third-order valence-electron chi connectivity index (χ3n) is 10.3. The number of hydrogen-bond donors (Lipinski definition) is 2. The van der Waals surface area contributed by atoms with Crippen LogP contribution < -0.4 is 10.5 Å². The van der Waals surface area contributed by atoms with Gasteiger partial charge in [0.05, 0.1) is 24.3 Å². The standard InChI is InChI=1S/C43H45BrClN3O6/c1-4-48(33-8-6-5-7-9-33)24-31-20-30(21-37(44)39(31)46)43(51)53-25-27-10-12-29(13-11-27)41(40(49)28-14-16-32(45)17-15-28)54-42(50)26(2)36-23-47-38-19-18-34(52-3)22-35(36)38/h10-23,26,33,41,47H,4-9,24-25,46H2,1-3H3. The Morgan fingerprint density at radius 1 is 0.963 bits per heavy atom. The first kappa shape index (κ1) is 39.1. The molecule has 1 saturated carbocycles. The van der Waals surface area contributed by atoms with Gasteiger partial charge in [-0.3, -0.25) is 14.5 Å². The summed E-state index contributed by atoms with van der Waals surface area (Å²) >= 11 is 9.64. The molecule has 9 nitrogen and oxygen atoms in total. The summed E-state index contributed by atoms with van der Waals surface area (Å²) in [7, 11) is 1.58. The topological polar surface area (TPSA) is 124 Å². The largest absolute Gasteiger partial charge is 0.497 e. The zero-order valence-electron chi connectivity index (χ0n) is 30.7. The number of benzene rings is 4. The Bertz CT molecular complexity index is 2110. The smallest absolute Gasteiger partial charge is 0.338 e. The van der Waals surface area contributed by atoms with Crippen molar-refractivity contribution in [1.29, 1.82) is 0 Å². The number of carbonyl (C=O) groups is 3. The number of nitrogens with one attached hydrogen (secondary N) is 1. The van der Waals surface area contributed by atoms with Crippen molar-refractivity contribution in [3.05, 3.63) is 128 Å². The van der Waals surface area contributed by atoms with E-state index in [0.717, 1.165) is 28.6 Å². The van der Waals surface area contributed by atoms with E-state index in [1.165, 1.54) is 32.1 Å². The highest BCUT2D eigenvalue weighted by molar-refractivity contribution is 9.10. The fourth-order valence-electron chi connectivity index (χ4n) is 7.10. The van der Waals surface area contributed by atoms with E-state index < -0.39 is 29.7 Å². The third kappa shape index (κ3) is 9.00. The molecule has 2 atom stereocenters. The molecule has 1 fully saturated rings. The van der Waals surface area contributed by atoms with Crippen LogP contribution in [0.25, 0.3) is 10.9 Å². The molecule has 282 valence electrons. The number of anilines is 1. The maximum atomic E-state index is 13.9. The molecule has 0 saturated heterocycles. The molecule has 54 heavy (non-hydrogen) atoms. The van der Waals surface area contributed by atoms with E-state index in [9.17, 15) is 14.4 Å². The maximum Gasteiger partial charge on any atom is 0.338 e. The second-order valence-electron chi connectivity index (χ2n) is 13.8. The van der Waals surface area contributed by atoms with Gasteiger partial charge in [-0.1, -0.05) is 62.1 Å². The van der Waals surface area contributed by atoms with Gasteiger partial charge in [-0.15, -0.1) is 0 Å². The van der Waals surface area contributed by atoms with Crippen molar-refractivity contribution in [2.45, 2.75) is 77.2 Å². The number of nitrogens with two attached hydrogens (primary N) is 1. The highest BCUT2D eigenvalue weighted by atomic mass is 79.9. The van der Waals surface area contributed by atoms with Gasteiger partial charge in [0.1, 0.15) is 12.4 Å². The van der Waals surface area contributed by atoms with E-state index in [1.54, 1.807) is 74.8 Å². The van der Waals surface area contributed by atoms with Crippen LogP contribution in [0.4, 0.5) is 5.69 Å². The Morgan fingerprint density at radius 2 is 1.69 bits per heavy atom. The number of H-pyrrole nitrogens is 1. The summed E-state index contributed by atoms with van der Waals surface area (Å²) in [6.07, 6.45) is 6.63. The highest BCUT2D eigenvalue weighted by Gasteiger charge is 2.30. The third-order valence-corrected chi connectivity index (χ3v) is 11.2. The molecule has 1 aliphatic carbocycles. The van der Waals surface area contributed by atoms with E-state index in [-0.39, 0.29) is 6.61 Å². The highest BCUT2D eigenvalue weighted by Crippen LogP contribution is 2.33. The molecule has 6 rings (SSSR count). The Hall–Kier alpha value is -4.64. The molecule has 5 aromatic rings. The van der Waals surface area contributed by atoms with Crippen molar-refractivity contribution < 1.29 is 28.6 Å². The summed E-state index contributed by atoms with van der Waals surface area (Å²) in [5.74, 6) is -1.49. The minimum Gasteiger partial charge on any atom is -0.497 e. The number of halogens is 2. The first-order valence-corrected chi connectivity index (χ1v) is 19.5. The van der Waals surface area contributed by atoms with Gasteiger partial charge in [-0.2, -0.15) is 0 Å². The van der Waals surface area contributed by atoms with Crippen LogP contribution in [0, 0.1) is 0 Å². The Kier molecular flexibility index (Phi) is 12.8. The lowest BCUT2D eigenvalue weighted by atomic mass is 9.93. The quantitative estimate of drug-likeness (QED) is 0.0645. The minimum atomic E-state index is -1.24. The number of aromatic nitrogens is 1. The molecule has 0 amide bonds. The van der Waals surface area contributed by atoms with Gasteiger partial charge < -0.3 is 24.9 Å².